The Morgan fingerprint density at radius 3 is 2.29 bits per heavy atom. The van der Waals surface area contributed by atoms with Crippen LogP contribution in [0, 0.1) is 0 Å². The minimum Gasteiger partial charge on any atom is -0.377 e. The standard InChI is InChI=1S/C18H27N3O7/c1-14(22)19-8-10-27-11-12-28-13-15(23)3-2-7-20-16(24)6-9-21-17(25)4-5-18(21)26/h4-5H,2-3,6-13H2,1H3,(H,19,22)(H,20,24). The molecule has 1 aliphatic heterocycles. The molecule has 156 valence electrons. The third kappa shape index (κ3) is 10.5. The van der Waals surface area contributed by atoms with Crippen molar-refractivity contribution in [3.05, 3.63) is 12.2 Å². The van der Waals surface area contributed by atoms with Crippen LogP contribution in [-0.2, 0) is 33.4 Å². The van der Waals surface area contributed by atoms with Crippen LogP contribution in [0.25, 0.3) is 0 Å². The van der Waals surface area contributed by atoms with Crippen LogP contribution in [0.1, 0.15) is 26.2 Å². The number of ketones is 1. The van der Waals surface area contributed by atoms with E-state index in [4.69, 9.17) is 9.47 Å². The normalized spacial score (nSPS) is 13.1. The number of carbonyl (C=O) groups is 5. The van der Waals surface area contributed by atoms with Crippen LogP contribution >= 0.6 is 0 Å². The van der Waals surface area contributed by atoms with E-state index in [0.717, 1.165) is 4.90 Å². The Morgan fingerprint density at radius 1 is 0.929 bits per heavy atom. The molecule has 28 heavy (non-hydrogen) atoms. The Morgan fingerprint density at radius 2 is 1.61 bits per heavy atom. The minimum atomic E-state index is -0.415. The number of nitrogens with one attached hydrogen (secondary N) is 2. The van der Waals surface area contributed by atoms with Gasteiger partial charge < -0.3 is 20.1 Å². The maximum Gasteiger partial charge on any atom is 0.253 e. The number of carbonyl (C=O) groups excluding carboxylic acids is 5. The van der Waals surface area contributed by atoms with Gasteiger partial charge in [-0.15, -0.1) is 0 Å². The number of imide groups is 1. The van der Waals surface area contributed by atoms with Crippen LogP contribution in [0.4, 0.5) is 0 Å². The van der Waals surface area contributed by atoms with Crippen LogP contribution in [0.2, 0.25) is 0 Å². The summed E-state index contributed by atoms with van der Waals surface area (Å²) in [5, 5.41) is 5.24. The van der Waals surface area contributed by atoms with E-state index in [2.05, 4.69) is 10.6 Å². The van der Waals surface area contributed by atoms with Gasteiger partial charge in [0.25, 0.3) is 11.8 Å². The molecule has 0 bridgehead atoms. The Hall–Kier alpha value is -2.59. The number of nitrogens with zero attached hydrogens (tertiary/aromatic N) is 1. The van der Waals surface area contributed by atoms with Crippen LogP contribution in [0.15, 0.2) is 12.2 Å². The van der Waals surface area contributed by atoms with E-state index in [-0.39, 0.29) is 50.2 Å². The Kier molecular flexibility index (Phi) is 11.4. The van der Waals surface area contributed by atoms with Gasteiger partial charge >= 0.3 is 0 Å². The Labute approximate surface area is 163 Å². The van der Waals surface area contributed by atoms with Crippen molar-refractivity contribution in [2.75, 3.05) is 46.1 Å². The monoisotopic (exact) mass is 397 g/mol. The Bertz CT molecular complexity index is 586. The summed E-state index contributed by atoms with van der Waals surface area (Å²) in [5.74, 6) is -1.31. The summed E-state index contributed by atoms with van der Waals surface area (Å²) in [7, 11) is 0. The lowest BCUT2D eigenvalue weighted by molar-refractivity contribution is -0.137. The molecule has 0 saturated carbocycles. The molecule has 2 N–H and O–H groups in total. The topological polar surface area (TPSA) is 131 Å². The van der Waals surface area contributed by atoms with Crippen molar-refractivity contribution in [3.63, 3.8) is 0 Å². The molecule has 0 aromatic heterocycles. The van der Waals surface area contributed by atoms with Gasteiger partial charge in [0.2, 0.25) is 11.8 Å². The molecule has 0 radical (unpaired) electrons. The molecule has 0 atom stereocenters. The van der Waals surface area contributed by atoms with Crippen LogP contribution < -0.4 is 10.6 Å². The fraction of sp³-hybridized carbons (Fsp3) is 0.611. The predicted molar refractivity (Wildman–Crippen MR) is 98.0 cm³/mol. The highest BCUT2D eigenvalue weighted by Gasteiger charge is 2.23. The van der Waals surface area contributed by atoms with Gasteiger partial charge in [0, 0.05) is 51.6 Å². The minimum absolute atomic E-state index is 0.0187. The first-order valence-corrected chi connectivity index (χ1v) is 9.12. The number of amides is 4. The highest BCUT2D eigenvalue weighted by molar-refractivity contribution is 6.13. The average molecular weight is 397 g/mol. The van der Waals surface area contributed by atoms with Crippen molar-refractivity contribution >= 4 is 29.4 Å². The van der Waals surface area contributed by atoms with Crippen LogP contribution in [-0.4, -0.2) is 80.4 Å². The molecule has 0 aromatic carbocycles. The number of rotatable bonds is 15. The fourth-order valence-corrected chi connectivity index (χ4v) is 2.24. The first-order chi connectivity index (χ1) is 13.4. The molecule has 1 heterocycles. The van der Waals surface area contributed by atoms with E-state index >= 15 is 0 Å². The second-order valence-electron chi connectivity index (χ2n) is 6.05. The van der Waals surface area contributed by atoms with Crippen molar-refractivity contribution in [1.29, 1.82) is 0 Å². The zero-order valence-electron chi connectivity index (χ0n) is 16.0. The van der Waals surface area contributed by atoms with E-state index in [1.807, 2.05) is 0 Å². The molecular formula is C18H27N3O7. The van der Waals surface area contributed by atoms with Crippen molar-refractivity contribution in [3.8, 4) is 0 Å². The number of ether oxygens (including phenoxy) is 2. The smallest absolute Gasteiger partial charge is 0.253 e. The molecule has 0 spiro atoms. The maximum atomic E-state index is 11.7. The molecule has 0 fully saturated rings. The molecule has 0 aromatic rings. The molecular weight excluding hydrogens is 370 g/mol. The second-order valence-corrected chi connectivity index (χ2v) is 6.05. The third-order valence-corrected chi connectivity index (χ3v) is 3.67. The van der Waals surface area contributed by atoms with Crippen molar-refractivity contribution in [2.45, 2.75) is 26.2 Å². The lowest BCUT2D eigenvalue weighted by Crippen LogP contribution is -2.35. The van der Waals surface area contributed by atoms with Gasteiger partial charge in [0.05, 0.1) is 19.8 Å². The summed E-state index contributed by atoms with van der Waals surface area (Å²) in [6.07, 6.45) is 3.12. The Balaban J connectivity index is 1.93. The zero-order valence-corrected chi connectivity index (χ0v) is 16.0. The van der Waals surface area contributed by atoms with Crippen LogP contribution in [0.3, 0.4) is 0 Å². The van der Waals surface area contributed by atoms with E-state index in [0.29, 0.717) is 32.7 Å². The van der Waals surface area contributed by atoms with Crippen molar-refractivity contribution in [2.24, 2.45) is 0 Å². The molecule has 4 amide bonds. The third-order valence-electron chi connectivity index (χ3n) is 3.67. The first-order valence-electron chi connectivity index (χ1n) is 9.12. The molecule has 1 aliphatic rings. The molecule has 0 unspecified atom stereocenters. The highest BCUT2D eigenvalue weighted by Crippen LogP contribution is 2.04. The predicted octanol–water partition coefficient (Wildman–Crippen LogP) is -1.06. The van der Waals surface area contributed by atoms with Crippen LogP contribution in [0.5, 0.6) is 0 Å². The molecule has 10 nitrogen and oxygen atoms in total. The first kappa shape index (κ1) is 23.4. The van der Waals surface area contributed by atoms with Gasteiger partial charge in [-0.3, -0.25) is 28.9 Å². The summed E-state index contributed by atoms with van der Waals surface area (Å²) >= 11 is 0. The number of hydrogen-bond acceptors (Lipinski definition) is 7. The largest absolute Gasteiger partial charge is 0.377 e. The van der Waals surface area contributed by atoms with Gasteiger partial charge in [-0.1, -0.05) is 0 Å². The quantitative estimate of drug-likeness (QED) is 0.266. The average Bonchev–Trinajstić information content (AvgIpc) is 2.97. The second kappa shape index (κ2) is 13.6. The molecule has 0 saturated heterocycles. The lowest BCUT2D eigenvalue weighted by atomic mass is 10.2. The van der Waals surface area contributed by atoms with E-state index in [1.54, 1.807) is 0 Å². The van der Waals surface area contributed by atoms with E-state index < -0.39 is 11.8 Å². The van der Waals surface area contributed by atoms with E-state index in [1.165, 1.54) is 19.1 Å². The van der Waals surface area contributed by atoms with Crippen molar-refractivity contribution in [1.82, 2.24) is 15.5 Å². The SMILES string of the molecule is CC(=O)NCCOCCOCC(=O)CCCNC(=O)CCN1C(=O)C=CC1=O. The maximum absolute atomic E-state index is 11.7. The van der Waals surface area contributed by atoms with Gasteiger partial charge in [-0.05, 0) is 6.42 Å². The molecule has 10 heteroatoms. The van der Waals surface area contributed by atoms with Gasteiger partial charge in [0.15, 0.2) is 5.78 Å². The fourth-order valence-electron chi connectivity index (χ4n) is 2.24. The summed E-state index contributed by atoms with van der Waals surface area (Å²) in [5.41, 5.74) is 0. The number of Topliss-reactive ketones (excluding diaryl/α,β-unsaturated/α-hetero) is 1. The van der Waals surface area contributed by atoms with Crippen molar-refractivity contribution < 1.29 is 33.4 Å². The zero-order chi connectivity index (χ0) is 20.8. The lowest BCUT2D eigenvalue weighted by Gasteiger charge is -2.13. The molecule has 0 aliphatic carbocycles. The number of hydrogen-bond donors (Lipinski definition) is 2. The summed E-state index contributed by atoms with van der Waals surface area (Å²) in [6, 6.07) is 0. The van der Waals surface area contributed by atoms with Gasteiger partial charge in [0.1, 0.15) is 6.61 Å². The summed E-state index contributed by atoms with van der Waals surface area (Å²) in [4.78, 5) is 57.7. The highest BCUT2D eigenvalue weighted by atomic mass is 16.5. The van der Waals surface area contributed by atoms with Gasteiger partial charge in [-0.2, -0.15) is 0 Å². The van der Waals surface area contributed by atoms with Gasteiger partial charge in [-0.25, -0.2) is 0 Å². The summed E-state index contributed by atoms with van der Waals surface area (Å²) in [6.45, 7) is 3.21. The van der Waals surface area contributed by atoms with E-state index in [9.17, 15) is 24.0 Å². The summed E-state index contributed by atoms with van der Waals surface area (Å²) < 4.78 is 10.4. The molecule has 1 rings (SSSR count).